The summed E-state index contributed by atoms with van der Waals surface area (Å²) in [5.41, 5.74) is 2.88. The van der Waals surface area contributed by atoms with Crippen LogP contribution in [0.1, 0.15) is 10.6 Å². The lowest BCUT2D eigenvalue weighted by atomic mass is 10.1. The fourth-order valence-electron chi connectivity index (χ4n) is 2.28. The maximum atomic E-state index is 9.81. The summed E-state index contributed by atoms with van der Waals surface area (Å²) in [5.74, 6) is 0.126. The van der Waals surface area contributed by atoms with Crippen LogP contribution >= 0.6 is 22.9 Å². The van der Waals surface area contributed by atoms with Gasteiger partial charge in [0.05, 0.1) is 23.4 Å². The van der Waals surface area contributed by atoms with Crippen LogP contribution in [-0.2, 0) is 0 Å². The Balaban J connectivity index is 1.99. The van der Waals surface area contributed by atoms with E-state index in [4.69, 9.17) is 16.3 Å². The molecule has 3 rings (SSSR count). The minimum atomic E-state index is -0.125. The highest BCUT2D eigenvalue weighted by atomic mass is 35.5. The van der Waals surface area contributed by atoms with Crippen molar-refractivity contribution in [3.8, 4) is 28.8 Å². The number of phenolic OH excluding ortho intramolecular Hbond substituents is 1. The molecule has 0 atom stereocenters. The van der Waals surface area contributed by atoms with Crippen LogP contribution in [0.4, 0.5) is 0 Å². The highest BCUT2D eigenvalue weighted by Gasteiger charge is 2.12. The number of thiazole rings is 1. The van der Waals surface area contributed by atoms with Crippen molar-refractivity contribution < 1.29 is 9.84 Å². The minimum absolute atomic E-state index is 0.125. The van der Waals surface area contributed by atoms with E-state index in [2.05, 4.69) is 11.1 Å². The molecule has 0 aliphatic carbocycles. The molecule has 0 radical (unpaired) electrons. The van der Waals surface area contributed by atoms with E-state index in [0.29, 0.717) is 16.1 Å². The monoisotopic (exact) mass is 368 g/mol. The van der Waals surface area contributed by atoms with E-state index in [0.717, 1.165) is 11.3 Å². The third-order valence-corrected chi connectivity index (χ3v) is 4.67. The number of ether oxygens (including phenoxy) is 1. The molecule has 1 aromatic heterocycles. The van der Waals surface area contributed by atoms with Gasteiger partial charge in [-0.3, -0.25) is 0 Å². The first-order valence-electron chi connectivity index (χ1n) is 7.32. The van der Waals surface area contributed by atoms with Gasteiger partial charge in [0.15, 0.2) is 11.5 Å². The lowest BCUT2D eigenvalue weighted by Gasteiger charge is -2.06. The maximum absolute atomic E-state index is 9.81. The fourth-order valence-corrected chi connectivity index (χ4v) is 3.29. The lowest BCUT2D eigenvalue weighted by Crippen LogP contribution is -1.87. The van der Waals surface area contributed by atoms with E-state index in [1.165, 1.54) is 18.4 Å². The summed E-state index contributed by atoms with van der Waals surface area (Å²) in [5, 5.41) is 22.0. The highest BCUT2D eigenvalue weighted by Crippen LogP contribution is 2.36. The Labute approximate surface area is 154 Å². The molecule has 0 aliphatic rings. The molecular formula is C19H13ClN2O2S. The van der Waals surface area contributed by atoms with Crippen molar-refractivity contribution >= 4 is 34.6 Å². The molecule has 4 nitrogen and oxygen atoms in total. The molecule has 6 heteroatoms. The van der Waals surface area contributed by atoms with Gasteiger partial charge in [0.1, 0.15) is 11.1 Å². The van der Waals surface area contributed by atoms with Crippen molar-refractivity contribution in [2.75, 3.05) is 7.11 Å². The molecular weight excluding hydrogens is 356 g/mol. The predicted molar refractivity (Wildman–Crippen MR) is 101 cm³/mol. The topological polar surface area (TPSA) is 66.1 Å². The smallest absolute Gasteiger partial charge is 0.176 e. The number of phenols is 1. The van der Waals surface area contributed by atoms with E-state index < -0.39 is 0 Å². The number of rotatable bonds is 4. The largest absolute Gasteiger partial charge is 0.503 e. The van der Waals surface area contributed by atoms with Crippen molar-refractivity contribution in [1.29, 1.82) is 5.26 Å². The van der Waals surface area contributed by atoms with Gasteiger partial charge in [-0.15, -0.1) is 11.3 Å². The molecule has 0 fully saturated rings. The Morgan fingerprint density at radius 3 is 2.76 bits per heavy atom. The molecule has 3 aromatic rings. The van der Waals surface area contributed by atoms with Crippen molar-refractivity contribution in [1.82, 2.24) is 4.98 Å². The van der Waals surface area contributed by atoms with E-state index in [-0.39, 0.29) is 16.5 Å². The van der Waals surface area contributed by atoms with Gasteiger partial charge in [0.2, 0.25) is 0 Å². The first-order valence-corrected chi connectivity index (χ1v) is 8.57. The third-order valence-electron chi connectivity index (χ3n) is 3.51. The number of nitrogens with zero attached hydrogens (tertiary/aromatic N) is 2. The van der Waals surface area contributed by atoms with Crippen LogP contribution in [0.3, 0.4) is 0 Å². The number of allylic oxidation sites excluding steroid dienone is 1. The Hall–Kier alpha value is -2.81. The van der Waals surface area contributed by atoms with Crippen LogP contribution in [0.25, 0.3) is 22.9 Å². The fraction of sp³-hybridized carbons (Fsp3) is 0.0526. The second-order valence-electron chi connectivity index (χ2n) is 5.13. The van der Waals surface area contributed by atoms with E-state index in [1.54, 1.807) is 18.2 Å². The van der Waals surface area contributed by atoms with E-state index in [1.807, 2.05) is 35.7 Å². The van der Waals surface area contributed by atoms with Crippen molar-refractivity contribution in [2.45, 2.75) is 0 Å². The number of hydrogen-bond acceptors (Lipinski definition) is 5. The van der Waals surface area contributed by atoms with Gasteiger partial charge >= 0.3 is 0 Å². The molecule has 124 valence electrons. The average Bonchev–Trinajstić information content (AvgIpc) is 3.13. The summed E-state index contributed by atoms with van der Waals surface area (Å²) in [7, 11) is 1.44. The summed E-state index contributed by atoms with van der Waals surface area (Å²) in [6.45, 7) is 0. The number of halogens is 1. The summed E-state index contributed by atoms with van der Waals surface area (Å²) in [6, 6.07) is 15.1. The Morgan fingerprint density at radius 2 is 2.08 bits per heavy atom. The Morgan fingerprint density at radius 1 is 1.32 bits per heavy atom. The zero-order valence-corrected chi connectivity index (χ0v) is 14.8. The third kappa shape index (κ3) is 3.66. The van der Waals surface area contributed by atoms with Gasteiger partial charge in [0, 0.05) is 10.9 Å². The summed E-state index contributed by atoms with van der Waals surface area (Å²) < 4.78 is 5.09. The summed E-state index contributed by atoms with van der Waals surface area (Å²) in [4.78, 5) is 4.54. The van der Waals surface area contributed by atoms with E-state index in [9.17, 15) is 10.4 Å². The van der Waals surface area contributed by atoms with Gasteiger partial charge in [-0.2, -0.15) is 5.26 Å². The molecule has 0 unspecified atom stereocenters. The van der Waals surface area contributed by atoms with E-state index >= 15 is 0 Å². The molecule has 1 N–H and O–H groups in total. The van der Waals surface area contributed by atoms with Gasteiger partial charge in [-0.05, 0) is 23.8 Å². The van der Waals surface area contributed by atoms with Crippen LogP contribution in [-0.4, -0.2) is 17.2 Å². The first-order chi connectivity index (χ1) is 12.1. The van der Waals surface area contributed by atoms with Crippen LogP contribution < -0.4 is 4.74 Å². The lowest BCUT2D eigenvalue weighted by molar-refractivity contribution is 0.373. The van der Waals surface area contributed by atoms with Crippen molar-refractivity contribution in [2.24, 2.45) is 0 Å². The standard InChI is InChI=1S/C19H13ClN2O2S/c1-24-17-9-12(8-15(20)18(17)23)7-14(10-21)19-22-16(11-25-19)13-5-3-2-4-6-13/h2-9,11,23H,1H3/b14-7+. The molecule has 0 saturated carbocycles. The maximum Gasteiger partial charge on any atom is 0.176 e. The van der Waals surface area contributed by atoms with Crippen LogP contribution in [0.5, 0.6) is 11.5 Å². The zero-order chi connectivity index (χ0) is 17.8. The van der Waals surface area contributed by atoms with Crippen LogP contribution in [0.2, 0.25) is 5.02 Å². The number of aromatic hydroxyl groups is 1. The average molecular weight is 369 g/mol. The van der Waals surface area contributed by atoms with Crippen LogP contribution in [0.15, 0.2) is 47.8 Å². The van der Waals surface area contributed by atoms with Crippen molar-refractivity contribution in [3.63, 3.8) is 0 Å². The molecule has 0 aliphatic heterocycles. The van der Waals surface area contributed by atoms with Gasteiger partial charge in [0.25, 0.3) is 0 Å². The van der Waals surface area contributed by atoms with Gasteiger partial charge in [-0.1, -0.05) is 41.9 Å². The number of nitriles is 1. The molecule has 0 spiro atoms. The predicted octanol–water partition coefficient (Wildman–Crippen LogP) is 5.24. The highest BCUT2D eigenvalue weighted by molar-refractivity contribution is 7.11. The SMILES string of the molecule is COc1cc(/C=C(\C#N)c2nc(-c3ccccc3)cs2)cc(Cl)c1O. The molecule has 2 aromatic carbocycles. The molecule has 0 bridgehead atoms. The first kappa shape index (κ1) is 17.0. The van der Waals surface area contributed by atoms with Gasteiger partial charge in [-0.25, -0.2) is 4.98 Å². The summed E-state index contributed by atoms with van der Waals surface area (Å²) in [6.07, 6.45) is 1.67. The molecule has 25 heavy (non-hydrogen) atoms. The zero-order valence-electron chi connectivity index (χ0n) is 13.2. The molecule has 0 saturated heterocycles. The number of hydrogen-bond donors (Lipinski definition) is 1. The summed E-state index contributed by atoms with van der Waals surface area (Å²) >= 11 is 7.40. The van der Waals surface area contributed by atoms with Gasteiger partial charge < -0.3 is 9.84 Å². The Bertz CT molecular complexity index is 975. The number of methoxy groups -OCH3 is 1. The Kier molecular flexibility index (Phi) is 5.03. The van der Waals surface area contributed by atoms with Crippen LogP contribution in [0, 0.1) is 11.3 Å². The normalized spacial score (nSPS) is 11.2. The number of aromatic nitrogens is 1. The second-order valence-corrected chi connectivity index (χ2v) is 6.39. The minimum Gasteiger partial charge on any atom is -0.503 e. The molecule has 0 amide bonds. The van der Waals surface area contributed by atoms with Crippen molar-refractivity contribution in [3.05, 3.63) is 63.4 Å². The second kappa shape index (κ2) is 7.39. The number of benzene rings is 2. The quantitative estimate of drug-likeness (QED) is 0.639. The molecule has 1 heterocycles.